The number of Topliss-reactive ketones (excluding diaryl/α,β-unsaturated/α-hetero) is 1. The number of allylic oxidation sites excluding steroid dienone is 2. The Balaban J connectivity index is 1.85. The molecule has 3 heteroatoms. The van der Waals surface area contributed by atoms with Gasteiger partial charge in [0, 0.05) is 35.2 Å². The van der Waals surface area contributed by atoms with Gasteiger partial charge in [-0.3, -0.25) is 9.79 Å². The summed E-state index contributed by atoms with van der Waals surface area (Å²) in [6.07, 6.45) is 7.29. The Morgan fingerprint density at radius 1 is 1.13 bits per heavy atom. The smallest absolute Gasteiger partial charge is 0.161 e. The van der Waals surface area contributed by atoms with Gasteiger partial charge in [-0.2, -0.15) is 0 Å². The highest BCUT2D eigenvalue weighted by atomic mass is 16.5. The number of rotatable bonds is 2. The van der Waals surface area contributed by atoms with Gasteiger partial charge in [-0.15, -0.1) is 0 Å². The highest BCUT2D eigenvalue weighted by Crippen LogP contribution is 2.47. The topological polar surface area (TPSA) is 38.7 Å². The number of aliphatic imine (C=N–C) groups is 1. The van der Waals surface area contributed by atoms with E-state index >= 15 is 0 Å². The maximum Gasteiger partial charge on any atom is 0.161 e. The van der Waals surface area contributed by atoms with Crippen molar-refractivity contribution in [3.63, 3.8) is 0 Å². The third-order valence-electron chi connectivity index (χ3n) is 5.50. The minimum absolute atomic E-state index is 0.181. The molecule has 1 aliphatic heterocycles. The predicted molar refractivity (Wildman–Crippen MR) is 91.0 cm³/mol. The summed E-state index contributed by atoms with van der Waals surface area (Å²) in [6, 6.07) is 8.27. The summed E-state index contributed by atoms with van der Waals surface area (Å²) in [7, 11) is 1.70. The van der Waals surface area contributed by atoms with Crippen molar-refractivity contribution in [1.29, 1.82) is 0 Å². The summed E-state index contributed by atoms with van der Waals surface area (Å²) in [5, 5.41) is 0. The van der Waals surface area contributed by atoms with Gasteiger partial charge >= 0.3 is 0 Å². The van der Waals surface area contributed by atoms with E-state index in [1.807, 2.05) is 12.1 Å². The number of nitrogens with zero attached hydrogens (tertiary/aromatic N) is 1. The van der Waals surface area contributed by atoms with Crippen LogP contribution in [0, 0.1) is 5.92 Å². The van der Waals surface area contributed by atoms with Crippen LogP contribution in [0.5, 0.6) is 5.75 Å². The van der Waals surface area contributed by atoms with Crippen molar-refractivity contribution in [1.82, 2.24) is 0 Å². The monoisotopic (exact) mass is 309 g/mol. The molecule has 0 aromatic heterocycles. The van der Waals surface area contributed by atoms with Gasteiger partial charge in [-0.25, -0.2) is 0 Å². The van der Waals surface area contributed by atoms with Crippen molar-refractivity contribution in [2.75, 3.05) is 7.11 Å². The molecule has 2 aliphatic carbocycles. The molecule has 0 radical (unpaired) electrons. The molecule has 1 heterocycles. The molecule has 0 saturated heterocycles. The Kier molecular flexibility index (Phi) is 3.80. The van der Waals surface area contributed by atoms with E-state index in [-0.39, 0.29) is 5.92 Å². The summed E-state index contributed by atoms with van der Waals surface area (Å²) in [5.41, 5.74) is 4.62. The van der Waals surface area contributed by atoms with Gasteiger partial charge < -0.3 is 4.74 Å². The van der Waals surface area contributed by atoms with Crippen molar-refractivity contribution in [2.45, 2.75) is 50.9 Å². The molecule has 2 atom stereocenters. The Hall–Kier alpha value is -1.90. The van der Waals surface area contributed by atoms with Crippen molar-refractivity contribution in [2.24, 2.45) is 10.9 Å². The van der Waals surface area contributed by atoms with E-state index in [1.54, 1.807) is 7.11 Å². The number of benzene rings is 1. The fourth-order valence-corrected chi connectivity index (χ4v) is 4.44. The summed E-state index contributed by atoms with van der Waals surface area (Å²) in [5.74, 6) is 1.76. The molecule has 0 spiro atoms. The highest BCUT2D eigenvalue weighted by Gasteiger charge is 2.40. The van der Waals surface area contributed by atoms with Crippen molar-refractivity contribution in [3.8, 4) is 5.75 Å². The van der Waals surface area contributed by atoms with E-state index in [0.29, 0.717) is 18.1 Å². The second-order valence-corrected chi connectivity index (χ2v) is 6.85. The Bertz CT molecular complexity index is 701. The third kappa shape index (κ3) is 2.52. The lowest BCUT2D eigenvalue weighted by Gasteiger charge is -2.38. The van der Waals surface area contributed by atoms with Crippen LogP contribution < -0.4 is 4.74 Å². The third-order valence-corrected chi connectivity index (χ3v) is 5.50. The largest absolute Gasteiger partial charge is 0.497 e. The lowest BCUT2D eigenvalue weighted by Crippen LogP contribution is -2.34. The molecule has 1 aromatic rings. The van der Waals surface area contributed by atoms with Crippen LogP contribution in [-0.4, -0.2) is 18.6 Å². The van der Waals surface area contributed by atoms with Gasteiger partial charge in [-0.1, -0.05) is 18.6 Å². The van der Waals surface area contributed by atoms with Gasteiger partial charge in [0.05, 0.1) is 7.11 Å². The summed E-state index contributed by atoms with van der Waals surface area (Å²) >= 11 is 0. The van der Waals surface area contributed by atoms with E-state index in [2.05, 4.69) is 12.1 Å². The Labute approximate surface area is 137 Å². The van der Waals surface area contributed by atoms with Crippen LogP contribution >= 0.6 is 0 Å². The van der Waals surface area contributed by atoms with Gasteiger partial charge in [0.25, 0.3) is 0 Å². The second-order valence-electron chi connectivity index (χ2n) is 6.85. The summed E-state index contributed by atoms with van der Waals surface area (Å²) in [4.78, 5) is 17.6. The van der Waals surface area contributed by atoms with Crippen LogP contribution in [-0.2, 0) is 4.79 Å². The number of hydrogen-bond acceptors (Lipinski definition) is 3. The lowest BCUT2D eigenvalue weighted by atomic mass is 9.67. The second kappa shape index (κ2) is 5.95. The van der Waals surface area contributed by atoms with Crippen LogP contribution in [0.2, 0.25) is 0 Å². The zero-order chi connectivity index (χ0) is 15.8. The van der Waals surface area contributed by atoms with Crippen LogP contribution in [0.4, 0.5) is 0 Å². The minimum Gasteiger partial charge on any atom is -0.497 e. The number of ether oxygens (including phenoxy) is 1. The van der Waals surface area contributed by atoms with E-state index in [4.69, 9.17) is 9.73 Å². The SMILES string of the molecule is COc1cccc(C2C3=C(CCCC3=O)N=C3CCCCC32)c1. The molecule has 3 nitrogen and oxygen atoms in total. The highest BCUT2D eigenvalue weighted by molar-refractivity contribution is 6.02. The van der Waals surface area contributed by atoms with Crippen molar-refractivity contribution >= 4 is 11.5 Å². The molecule has 0 amide bonds. The van der Waals surface area contributed by atoms with Gasteiger partial charge in [0.15, 0.2) is 5.78 Å². The lowest BCUT2D eigenvalue weighted by molar-refractivity contribution is -0.116. The number of carbonyl (C=O) groups is 1. The normalized spacial score (nSPS) is 27.2. The molecular weight excluding hydrogens is 286 g/mol. The Morgan fingerprint density at radius 2 is 2.04 bits per heavy atom. The average Bonchev–Trinajstić information content (AvgIpc) is 2.60. The molecule has 1 fully saturated rings. The fourth-order valence-electron chi connectivity index (χ4n) is 4.44. The molecule has 0 bridgehead atoms. The fraction of sp³-hybridized carbons (Fsp3) is 0.500. The predicted octanol–water partition coefficient (Wildman–Crippen LogP) is 4.43. The number of ketones is 1. The number of hydrogen-bond donors (Lipinski definition) is 0. The van der Waals surface area contributed by atoms with E-state index < -0.39 is 0 Å². The standard InChI is InChI=1S/C20H23NO2/c1-23-14-7-4-6-13(12-14)19-15-8-2-3-9-16(15)21-17-10-5-11-18(22)20(17)19/h4,6-7,12,15,19H,2-3,5,8-11H2,1H3. The van der Waals surface area contributed by atoms with Crippen LogP contribution in [0.15, 0.2) is 40.5 Å². The molecule has 0 N–H and O–H groups in total. The first-order valence-corrected chi connectivity index (χ1v) is 8.75. The Morgan fingerprint density at radius 3 is 2.91 bits per heavy atom. The van der Waals surface area contributed by atoms with Gasteiger partial charge in [0.2, 0.25) is 0 Å². The molecule has 4 rings (SSSR count). The maximum absolute atomic E-state index is 12.7. The first-order valence-electron chi connectivity index (χ1n) is 8.75. The quantitative estimate of drug-likeness (QED) is 0.810. The zero-order valence-corrected chi connectivity index (χ0v) is 13.7. The van der Waals surface area contributed by atoms with E-state index in [1.165, 1.54) is 24.1 Å². The van der Waals surface area contributed by atoms with Gasteiger partial charge in [0.1, 0.15) is 5.75 Å². The average molecular weight is 309 g/mol. The first kappa shape index (κ1) is 14.7. The summed E-state index contributed by atoms with van der Waals surface area (Å²) in [6.45, 7) is 0. The van der Waals surface area contributed by atoms with Crippen molar-refractivity contribution < 1.29 is 9.53 Å². The maximum atomic E-state index is 12.7. The van der Waals surface area contributed by atoms with Crippen LogP contribution in [0.25, 0.3) is 0 Å². The molecule has 1 aromatic carbocycles. The van der Waals surface area contributed by atoms with Crippen LogP contribution in [0.3, 0.4) is 0 Å². The number of fused-ring (bicyclic) bond motifs is 1. The molecule has 120 valence electrons. The number of methoxy groups -OCH3 is 1. The van der Waals surface area contributed by atoms with Crippen LogP contribution in [0.1, 0.15) is 56.4 Å². The molecular formula is C20H23NO2. The van der Waals surface area contributed by atoms with Crippen molar-refractivity contribution in [3.05, 3.63) is 41.1 Å². The van der Waals surface area contributed by atoms with Gasteiger partial charge in [-0.05, 0) is 49.8 Å². The molecule has 3 aliphatic rings. The van der Waals surface area contributed by atoms with E-state index in [0.717, 1.165) is 42.7 Å². The first-order chi connectivity index (χ1) is 11.3. The molecule has 23 heavy (non-hydrogen) atoms. The summed E-state index contributed by atoms with van der Waals surface area (Å²) < 4.78 is 5.41. The van der Waals surface area contributed by atoms with E-state index in [9.17, 15) is 4.79 Å². The minimum atomic E-state index is 0.181. The number of carbonyl (C=O) groups excluding carboxylic acids is 1. The zero-order valence-electron chi connectivity index (χ0n) is 13.7. The molecule has 1 saturated carbocycles. The molecule has 2 unspecified atom stereocenters.